The summed E-state index contributed by atoms with van der Waals surface area (Å²) in [5.41, 5.74) is 0.218. The molecule has 0 aromatic carbocycles. The average Bonchev–Trinajstić information content (AvgIpc) is 2.37. The number of hydrogen-bond acceptors (Lipinski definition) is 5. The molecule has 1 fully saturated rings. The van der Waals surface area contributed by atoms with E-state index in [9.17, 15) is 4.79 Å². The van der Waals surface area contributed by atoms with Gasteiger partial charge in [0.05, 0.1) is 32.4 Å². The molecule has 2 atom stereocenters. The fraction of sp³-hybridized carbons (Fsp3) is 0.538. The van der Waals surface area contributed by atoms with Crippen LogP contribution in [0.15, 0.2) is 12.1 Å². The van der Waals surface area contributed by atoms with Crippen LogP contribution in [0.25, 0.3) is 0 Å². The topological polar surface area (TPSA) is 51.7 Å². The Kier molecular flexibility index (Phi) is 4.27. The third kappa shape index (κ3) is 2.98. The molecule has 1 aliphatic heterocycles. The van der Waals surface area contributed by atoms with Crippen LogP contribution in [0.1, 0.15) is 24.3 Å². The van der Waals surface area contributed by atoms with Gasteiger partial charge in [-0.25, -0.2) is 9.78 Å². The molecule has 19 heavy (non-hydrogen) atoms. The first kappa shape index (κ1) is 14.1. The van der Waals surface area contributed by atoms with E-state index in [0.717, 1.165) is 0 Å². The molecule has 0 bridgehead atoms. The maximum absolute atomic E-state index is 11.6. The second-order valence-electron chi connectivity index (χ2n) is 4.66. The summed E-state index contributed by atoms with van der Waals surface area (Å²) in [5, 5.41) is 0.469. The molecule has 0 saturated carbocycles. The highest BCUT2D eigenvalue weighted by Gasteiger charge is 2.27. The summed E-state index contributed by atoms with van der Waals surface area (Å²) in [6, 6.07) is 3.62. The van der Waals surface area contributed by atoms with Crippen LogP contribution in [-0.4, -0.2) is 43.4 Å². The standard InChI is InChI=1S/C13H17ClN2O3/c1-8-6-19-7-9(2)16(8)12-5-10(14)4-11(15-12)13(17)18-3/h4-5,8-9H,6-7H2,1-3H3/t8-,9-/m0/s1. The molecule has 0 N–H and O–H groups in total. The van der Waals surface area contributed by atoms with E-state index >= 15 is 0 Å². The molecule has 5 nitrogen and oxygen atoms in total. The number of esters is 1. The lowest BCUT2D eigenvalue weighted by molar-refractivity contribution is 0.0593. The van der Waals surface area contributed by atoms with Crippen molar-refractivity contribution in [2.75, 3.05) is 25.2 Å². The van der Waals surface area contributed by atoms with E-state index in [1.165, 1.54) is 13.2 Å². The van der Waals surface area contributed by atoms with Gasteiger partial charge in [-0.2, -0.15) is 0 Å². The van der Waals surface area contributed by atoms with Crippen LogP contribution in [0.5, 0.6) is 0 Å². The predicted octanol–water partition coefficient (Wildman–Crippen LogP) is 2.14. The zero-order valence-corrected chi connectivity index (χ0v) is 12.0. The summed E-state index contributed by atoms with van der Waals surface area (Å²) in [4.78, 5) is 18.0. The maximum Gasteiger partial charge on any atom is 0.356 e. The first-order valence-electron chi connectivity index (χ1n) is 6.15. The molecule has 0 spiro atoms. The predicted molar refractivity (Wildman–Crippen MR) is 72.8 cm³/mol. The molecule has 1 aromatic rings. The molecule has 0 radical (unpaired) electrons. The number of anilines is 1. The first-order valence-corrected chi connectivity index (χ1v) is 6.52. The van der Waals surface area contributed by atoms with Crippen molar-refractivity contribution < 1.29 is 14.3 Å². The lowest BCUT2D eigenvalue weighted by Gasteiger charge is -2.39. The number of halogens is 1. The normalized spacial score (nSPS) is 23.3. The number of ether oxygens (including phenoxy) is 2. The van der Waals surface area contributed by atoms with Crippen molar-refractivity contribution in [3.8, 4) is 0 Å². The fourth-order valence-electron chi connectivity index (χ4n) is 2.28. The largest absolute Gasteiger partial charge is 0.464 e. The van der Waals surface area contributed by atoms with Crippen LogP contribution in [-0.2, 0) is 9.47 Å². The SMILES string of the molecule is COC(=O)c1cc(Cl)cc(N2[C@@H](C)COC[C@@H]2C)n1. The Labute approximate surface area is 117 Å². The second kappa shape index (κ2) is 5.75. The van der Waals surface area contributed by atoms with Gasteiger partial charge in [0.15, 0.2) is 5.69 Å². The van der Waals surface area contributed by atoms with Gasteiger partial charge in [0.1, 0.15) is 5.82 Å². The van der Waals surface area contributed by atoms with Gasteiger partial charge < -0.3 is 14.4 Å². The first-order chi connectivity index (χ1) is 9.02. The van der Waals surface area contributed by atoms with Crippen molar-refractivity contribution in [3.05, 3.63) is 22.8 Å². The Hall–Kier alpha value is -1.33. The smallest absolute Gasteiger partial charge is 0.356 e. The van der Waals surface area contributed by atoms with Crippen LogP contribution in [0.3, 0.4) is 0 Å². The van der Waals surface area contributed by atoms with Gasteiger partial charge in [0.25, 0.3) is 0 Å². The Bertz CT molecular complexity index is 471. The molecule has 1 saturated heterocycles. The Balaban J connectivity index is 2.38. The summed E-state index contributed by atoms with van der Waals surface area (Å²) in [6.07, 6.45) is 0. The highest BCUT2D eigenvalue weighted by Crippen LogP contribution is 2.25. The van der Waals surface area contributed by atoms with Crippen molar-refractivity contribution in [2.45, 2.75) is 25.9 Å². The summed E-state index contributed by atoms with van der Waals surface area (Å²) in [7, 11) is 1.32. The van der Waals surface area contributed by atoms with Gasteiger partial charge >= 0.3 is 5.97 Å². The molecule has 1 aliphatic rings. The van der Waals surface area contributed by atoms with Gasteiger partial charge in [-0.15, -0.1) is 0 Å². The summed E-state index contributed by atoms with van der Waals surface area (Å²) in [6.45, 7) is 5.37. The van der Waals surface area contributed by atoms with Gasteiger partial charge in [0.2, 0.25) is 0 Å². The van der Waals surface area contributed by atoms with Crippen LogP contribution in [0.4, 0.5) is 5.82 Å². The second-order valence-corrected chi connectivity index (χ2v) is 5.10. The quantitative estimate of drug-likeness (QED) is 0.779. The molecular formula is C13H17ClN2O3. The molecule has 6 heteroatoms. The Morgan fingerprint density at radius 1 is 1.42 bits per heavy atom. The number of pyridine rings is 1. The van der Waals surface area contributed by atoms with E-state index in [4.69, 9.17) is 16.3 Å². The van der Waals surface area contributed by atoms with E-state index in [2.05, 4.69) is 28.5 Å². The minimum atomic E-state index is -0.489. The van der Waals surface area contributed by atoms with Crippen molar-refractivity contribution in [1.29, 1.82) is 0 Å². The van der Waals surface area contributed by atoms with Crippen LogP contribution >= 0.6 is 11.6 Å². The third-order valence-corrected chi connectivity index (χ3v) is 3.32. The highest BCUT2D eigenvalue weighted by atomic mass is 35.5. The molecule has 1 aromatic heterocycles. The van der Waals surface area contributed by atoms with Crippen LogP contribution in [0, 0.1) is 0 Å². The zero-order valence-electron chi connectivity index (χ0n) is 11.2. The number of nitrogens with zero attached hydrogens (tertiary/aromatic N) is 2. The molecule has 0 unspecified atom stereocenters. The fourth-order valence-corrected chi connectivity index (χ4v) is 2.48. The number of morpholine rings is 1. The minimum absolute atomic E-state index is 0.181. The van der Waals surface area contributed by atoms with Crippen molar-refractivity contribution in [2.24, 2.45) is 0 Å². The van der Waals surface area contributed by atoms with E-state index < -0.39 is 5.97 Å². The maximum atomic E-state index is 11.6. The number of carbonyl (C=O) groups is 1. The number of aromatic nitrogens is 1. The Morgan fingerprint density at radius 2 is 2.05 bits per heavy atom. The minimum Gasteiger partial charge on any atom is -0.464 e. The van der Waals surface area contributed by atoms with E-state index in [1.807, 2.05) is 0 Å². The number of rotatable bonds is 2. The molecule has 0 aliphatic carbocycles. The molecular weight excluding hydrogens is 268 g/mol. The van der Waals surface area contributed by atoms with Gasteiger partial charge in [0, 0.05) is 5.02 Å². The molecule has 104 valence electrons. The summed E-state index contributed by atoms with van der Waals surface area (Å²) in [5.74, 6) is 0.188. The van der Waals surface area contributed by atoms with Crippen LogP contribution in [0.2, 0.25) is 5.02 Å². The van der Waals surface area contributed by atoms with Crippen LogP contribution < -0.4 is 4.90 Å². The number of methoxy groups -OCH3 is 1. The lowest BCUT2D eigenvalue weighted by atomic mass is 10.1. The summed E-state index contributed by atoms with van der Waals surface area (Å²) < 4.78 is 10.2. The van der Waals surface area contributed by atoms with E-state index in [1.54, 1.807) is 6.07 Å². The van der Waals surface area contributed by atoms with Crippen molar-refractivity contribution >= 4 is 23.4 Å². The van der Waals surface area contributed by atoms with E-state index in [-0.39, 0.29) is 17.8 Å². The zero-order chi connectivity index (χ0) is 14.0. The van der Waals surface area contributed by atoms with Crippen molar-refractivity contribution in [3.63, 3.8) is 0 Å². The third-order valence-electron chi connectivity index (χ3n) is 3.10. The monoisotopic (exact) mass is 284 g/mol. The Morgan fingerprint density at radius 3 is 2.63 bits per heavy atom. The molecule has 0 amide bonds. The van der Waals surface area contributed by atoms with Gasteiger partial charge in [-0.05, 0) is 26.0 Å². The van der Waals surface area contributed by atoms with E-state index in [0.29, 0.717) is 24.1 Å². The molecule has 2 rings (SSSR count). The lowest BCUT2D eigenvalue weighted by Crippen LogP contribution is -2.50. The van der Waals surface area contributed by atoms with Gasteiger partial charge in [-0.1, -0.05) is 11.6 Å². The summed E-state index contributed by atoms with van der Waals surface area (Å²) >= 11 is 6.06. The number of carbonyl (C=O) groups excluding carboxylic acids is 1. The van der Waals surface area contributed by atoms with Crippen molar-refractivity contribution in [1.82, 2.24) is 4.98 Å². The van der Waals surface area contributed by atoms with Gasteiger partial charge in [-0.3, -0.25) is 0 Å². The number of hydrogen-bond donors (Lipinski definition) is 0. The molecule has 2 heterocycles. The highest BCUT2D eigenvalue weighted by molar-refractivity contribution is 6.31. The average molecular weight is 285 g/mol.